The molecular formula is C52H33N5OS. The number of aromatic nitrogens is 5. The van der Waals surface area contributed by atoms with Crippen LogP contribution >= 0.6 is 11.3 Å². The quantitative estimate of drug-likeness (QED) is 0.158. The smallest absolute Gasteiger partial charge is 0.238 e. The highest BCUT2D eigenvalue weighted by atomic mass is 32.1. The Morgan fingerprint density at radius 2 is 1.25 bits per heavy atom. The minimum Gasteiger partial charge on any atom is -0.456 e. The van der Waals surface area contributed by atoms with Crippen LogP contribution in [-0.4, -0.2) is 24.1 Å². The van der Waals surface area contributed by atoms with Gasteiger partial charge in [-0.15, -0.1) is 11.3 Å². The first-order chi connectivity index (χ1) is 29.1. The molecule has 0 spiro atoms. The van der Waals surface area contributed by atoms with Crippen LogP contribution in [0.25, 0.3) is 116 Å². The van der Waals surface area contributed by atoms with Crippen molar-refractivity contribution in [2.24, 2.45) is 0 Å². The van der Waals surface area contributed by atoms with Gasteiger partial charge in [0.1, 0.15) is 11.2 Å². The Hall–Kier alpha value is -7.61. The van der Waals surface area contributed by atoms with E-state index in [0.29, 0.717) is 17.6 Å². The Kier molecular flexibility index (Phi) is 7.36. The molecule has 0 aliphatic rings. The van der Waals surface area contributed by atoms with Gasteiger partial charge in [0.15, 0.2) is 11.6 Å². The maximum Gasteiger partial charge on any atom is 0.238 e. The molecule has 12 aromatic rings. The van der Waals surface area contributed by atoms with E-state index in [-0.39, 0.29) is 0 Å². The van der Waals surface area contributed by atoms with Gasteiger partial charge in [-0.25, -0.2) is 4.98 Å². The minimum atomic E-state index is 0.539. The van der Waals surface area contributed by atoms with Gasteiger partial charge in [-0.2, -0.15) is 9.97 Å². The number of aryl methyl sites for hydroxylation is 1. The van der Waals surface area contributed by atoms with Gasteiger partial charge >= 0.3 is 0 Å². The summed E-state index contributed by atoms with van der Waals surface area (Å²) in [6.07, 6.45) is 5.92. The molecule has 0 bridgehead atoms. The molecule has 7 aromatic carbocycles. The van der Waals surface area contributed by atoms with Gasteiger partial charge in [0, 0.05) is 58.7 Å². The number of allylic oxidation sites excluding steroid dienone is 2. The van der Waals surface area contributed by atoms with Crippen molar-refractivity contribution in [1.29, 1.82) is 0 Å². The zero-order valence-electron chi connectivity index (χ0n) is 31.9. The van der Waals surface area contributed by atoms with Crippen molar-refractivity contribution in [3.63, 3.8) is 0 Å². The largest absolute Gasteiger partial charge is 0.456 e. The van der Waals surface area contributed by atoms with Gasteiger partial charge < -0.3 is 8.98 Å². The predicted molar refractivity (Wildman–Crippen MR) is 246 cm³/mol. The standard InChI is InChI=1S/C52H33N5OS/c1-3-4-22-46-31(2)39-29-33(23-28-47(39)59-46)51-53-50(32-14-6-5-7-15-32)54-52(55-51)57-42-26-27-45-49(38-18-10-13-21-44(38)58-45)48(42)37-25-24-34(30-43(37)57)56-40-19-11-8-16-35(40)36-17-9-12-20-41(36)56/h3-30H,1H2,2H3/b22-4-. The van der Waals surface area contributed by atoms with Crippen molar-refractivity contribution in [2.45, 2.75) is 6.92 Å². The van der Waals surface area contributed by atoms with Crippen LogP contribution in [0.2, 0.25) is 0 Å². The molecule has 0 aliphatic carbocycles. The van der Waals surface area contributed by atoms with Gasteiger partial charge in [-0.1, -0.05) is 110 Å². The van der Waals surface area contributed by atoms with Gasteiger partial charge in [0.25, 0.3) is 0 Å². The third kappa shape index (κ3) is 5.08. The third-order valence-electron chi connectivity index (χ3n) is 11.6. The molecule has 0 saturated carbocycles. The van der Waals surface area contributed by atoms with Crippen LogP contribution in [0.15, 0.2) is 175 Å². The lowest BCUT2D eigenvalue weighted by Crippen LogP contribution is -2.06. The van der Waals surface area contributed by atoms with E-state index in [9.17, 15) is 0 Å². The Bertz CT molecular complexity index is 3660. The first-order valence-electron chi connectivity index (χ1n) is 19.6. The maximum absolute atomic E-state index is 6.46. The molecule has 0 radical (unpaired) electrons. The second-order valence-corrected chi connectivity index (χ2v) is 16.0. The number of hydrogen-bond donors (Lipinski definition) is 0. The summed E-state index contributed by atoms with van der Waals surface area (Å²) in [4.78, 5) is 17.1. The normalized spacial score (nSPS) is 12.2. The zero-order valence-corrected chi connectivity index (χ0v) is 32.7. The molecule has 0 amide bonds. The fourth-order valence-corrected chi connectivity index (χ4v) is 9.97. The van der Waals surface area contributed by atoms with Crippen LogP contribution in [0.3, 0.4) is 0 Å². The number of fused-ring (bicyclic) bond motifs is 11. The van der Waals surface area contributed by atoms with E-state index in [1.807, 2.05) is 42.5 Å². The number of hydrogen-bond acceptors (Lipinski definition) is 5. The van der Waals surface area contributed by atoms with Gasteiger partial charge in [0.05, 0.1) is 22.1 Å². The van der Waals surface area contributed by atoms with E-state index >= 15 is 0 Å². The summed E-state index contributed by atoms with van der Waals surface area (Å²) in [7, 11) is 0. The fraction of sp³-hybridized carbons (Fsp3) is 0.0192. The minimum absolute atomic E-state index is 0.539. The number of rotatable bonds is 6. The SMILES string of the molecule is C=C/C=C\c1sc2ccc(-c3nc(-c4ccccc4)nc(-n4c5cc(-n6c7ccccc7c7ccccc76)ccc5c5c6c(ccc54)oc4ccccc46)n3)cc2c1C. The molecular weight excluding hydrogens is 743 g/mol. The molecule has 0 fully saturated rings. The first kappa shape index (κ1) is 33.5. The molecule has 0 saturated heterocycles. The van der Waals surface area contributed by atoms with Crippen molar-refractivity contribution >= 4 is 93.0 Å². The van der Waals surface area contributed by atoms with E-state index in [1.165, 1.54) is 31.3 Å². The molecule has 6 nitrogen and oxygen atoms in total. The van der Waals surface area contributed by atoms with E-state index in [2.05, 4.69) is 150 Å². The molecule has 7 heteroatoms. The highest BCUT2D eigenvalue weighted by Crippen LogP contribution is 2.43. The third-order valence-corrected chi connectivity index (χ3v) is 12.8. The highest BCUT2D eigenvalue weighted by molar-refractivity contribution is 7.20. The van der Waals surface area contributed by atoms with Gasteiger partial charge in [-0.05, 0) is 84.6 Å². The van der Waals surface area contributed by atoms with Crippen molar-refractivity contribution in [3.05, 3.63) is 181 Å². The van der Waals surface area contributed by atoms with Gasteiger partial charge in [0.2, 0.25) is 5.95 Å². The van der Waals surface area contributed by atoms with Crippen molar-refractivity contribution in [1.82, 2.24) is 24.1 Å². The Balaban J connectivity index is 1.18. The van der Waals surface area contributed by atoms with Crippen LogP contribution in [-0.2, 0) is 0 Å². The first-order valence-corrected chi connectivity index (χ1v) is 20.5. The Labute approximate surface area is 342 Å². The number of thiophene rings is 1. The lowest BCUT2D eigenvalue weighted by Gasteiger charge is -2.12. The van der Waals surface area contributed by atoms with E-state index in [0.717, 1.165) is 71.6 Å². The van der Waals surface area contributed by atoms with Crippen LogP contribution in [0.4, 0.5) is 0 Å². The summed E-state index contributed by atoms with van der Waals surface area (Å²) in [5.74, 6) is 1.75. The molecule has 278 valence electrons. The molecule has 59 heavy (non-hydrogen) atoms. The average Bonchev–Trinajstić information content (AvgIpc) is 4.02. The molecule has 0 unspecified atom stereocenters. The van der Waals surface area contributed by atoms with Crippen molar-refractivity contribution in [3.8, 4) is 34.4 Å². The van der Waals surface area contributed by atoms with E-state index < -0.39 is 0 Å². The molecule has 0 atom stereocenters. The lowest BCUT2D eigenvalue weighted by molar-refractivity contribution is 0.669. The van der Waals surface area contributed by atoms with Crippen LogP contribution in [0.5, 0.6) is 0 Å². The summed E-state index contributed by atoms with van der Waals surface area (Å²) < 4.78 is 12.3. The summed E-state index contributed by atoms with van der Waals surface area (Å²) in [5.41, 5.74) is 10.1. The second-order valence-electron chi connectivity index (χ2n) is 14.9. The summed E-state index contributed by atoms with van der Waals surface area (Å²) in [5, 5.41) is 7.93. The average molecular weight is 776 g/mol. The monoisotopic (exact) mass is 775 g/mol. The highest BCUT2D eigenvalue weighted by Gasteiger charge is 2.23. The van der Waals surface area contributed by atoms with Crippen LogP contribution in [0.1, 0.15) is 10.4 Å². The lowest BCUT2D eigenvalue weighted by atomic mass is 10.1. The second kappa shape index (κ2) is 13.0. The topological polar surface area (TPSA) is 61.7 Å². The molecule has 0 N–H and O–H groups in total. The number of furan rings is 1. The van der Waals surface area contributed by atoms with Crippen LogP contribution in [0, 0.1) is 6.92 Å². The summed E-state index contributed by atoms with van der Waals surface area (Å²) in [6, 6.07) is 53.2. The van der Waals surface area contributed by atoms with Crippen LogP contribution < -0.4 is 0 Å². The number of nitrogens with zero attached hydrogens (tertiary/aromatic N) is 5. The molecule has 5 aromatic heterocycles. The fourth-order valence-electron chi connectivity index (χ4n) is 8.87. The van der Waals surface area contributed by atoms with Crippen molar-refractivity contribution in [2.75, 3.05) is 0 Å². The molecule has 12 rings (SSSR count). The zero-order chi connectivity index (χ0) is 39.2. The van der Waals surface area contributed by atoms with Gasteiger partial charge in [-0.3, -0.25) is 4.57 Å². The summed E-state index contributed by atoms with van der Waals surface area (Å²) in [6.45, 7) is 6.04. The summed E-state index contributed by atoms with van der Waals surface area (Å²) >= 11 is 1.77. The number of para-hydroxylation sites is 3. The Morgan fingerprint density at radius 3 is 2.03 bits per heavy atom. The Morgan fingerprint density at radius 1 is 0.542 bits per heavy atom. The van der Waals surface area contributed by atoms with E-state index in [1.54, 1.807) is 11.3 Å². The maximum atomic E-state index is 6.46. The predicted octanol–water partition coefficient (Wildman–Crippen LogP) is 14.0. The molecule has 0 aliphatic heterocycles. The number of benzene rings is 7. The van der Waals surface area contributed by atoms with E-state index in [4.69, 9.17) is 19.4 Å². The molecule has 5 heterocycles. The van der Waals surface area contributed by atoms with Crippen molar-refractivity contribution < 1.29 is 4.42 Å².